The molecular weight excluding hydrogens is 229 g/mol. The average Bonchev–Trinajstić information content (AvgIpc) is 2.42. The highest BCUT2D eigenvalue weighted by molar-refractivity contribution is 5.34. The van der Waals surface area contributed by atoms with E-state index in [9.17, 15) is 4.39 Å². The van der Waals surface area contributed by atoms with Gasteiger partial charge in [0, 0.05) is 24.8 Å². The molecule has 1 N–H and O–H groups in total. The van der Waals surface area contributed by atoms with Crippen LogP contribution in [0, 0.1) is 17.1 Å². The topological polar surface area (TPSA) is 48.7 Å². The number of nitriles is 1. The van der Waals surface area contributed by atoms with Crippen LogP contribution in [0.15, 0.2) is 42.6 Å². The van der Waals surface area contributed by atoms with Gasteiger partial charge < -0.3 is 5.32 Å². The van der Waals surface area contributed by atoms with Crippen LogP contribution in [-0.2, 0) is 13.1 Å². The Morgan fingerprint density at radius 3 is 2.78 bits per heavy atom. The minimum atomic E-state index is -0.450. The van der Waals surface area contributed by atoms with Crippen LogP contribution in [0.2, 0.25) is 0 Å². The summed E-state index contributed by atoms with van der Waals surface area (Å²) in [6, 6.07) is 12.3. The number of halogens is 1. The lowest BCUT2D eigenvalue weighted by atomic mass is 10.1. The number of pyridine rings is 1. The molecule has 0 spiro atoms. The first-order valence-electron chi connectivity index (χ1n) is 5.59. The summed E-state index contributed by atoms with van der Waals surface area (Å²) in [5.41, 5.74) is 1.46. The molecule has 4 heteroatoms. The molecule has 1 aromatic heterocycles. The summed E-state index contributed by atoms with van der Waals surface area (Å²) in [6.45, 7) is 0.939. The van der Waals surface area contributed by atoms with Gasteiger partial charge in [-0.3, -0.25) is 4.98 Å². The predicted molar refractivity (Wildman–Crippen MR) is 65.9 cm³/mol. The molecule has 2 rings (SSSR count). The third-order valence-electron chi connectivity index (χ3n) is 2.55. The minimum Gasteiger partial charge on any atom is -0.307 e. The zero-order valence-electron chi connectivity index (χ0n) is 9.73. The second kappa shape index (κ2) is 5.89. The largest absolute Gasteiger partial charge is 0.307 e. The molecule has 0 atom stereocenters. The quantitative estimate of drug-likeness (QED) is 0.894. The van der Waals surface area contributed by atoms with Gasteiger partial charge in [0.25, 0.3) is 0 Å². The van der Waals surface area contributed by atoms with Gasteiger partial charge in [0.05, 0.1) is 11.3 Å². The molecule has 0 saturated carbocycles. The van der Waals surface area contributed by atoms with Crippen LogP contribution in [0.25, 0.3) is 0 Å². The van der Waals surface area contributed by atoms with Crippen LogP contribution in [0.4, 0.5) is 4.39 Å². The molecule has 0 unspecified atom stereocenters. The number of nitrogens with one attached hydrogen (secondary N) is 1. The number of nitrogens with zero attached hydrogens (tertiary/aromatic N) is 2. The Kier molecular flexibility index (Phi) is 4.00. The van der Waals surface area contributed by atoms with E-state index in [1.54, 1.807) is 18.3 Å². The summed E-state index contributed by atoms with van der Waals surface area (Å²) in [5.74, 6) is -0.450. The maximum absolute atomic E-state index is 13.7. The van der Waals surface area contributed by atoms with Crippen LogP contribution in [0.1, 0.15) is 16.8 Å². The molecule has 3 nitrogen and oxygen atoms in total. The highest BCUT2D eigenvalue weighted by Crippen LogP contribution is 2.11. The maximum Gasteiger partial charge on any atom is 0.145 e. The van der Waals surface area contributed by atoms with Crippen molar-refractivity contribution in [3.05, 3.63) is 65.2 Å². The van der Waals surface area contributed by atoms with Crippen molar-refractivity contribution >= 4 is 0 Å². The van der Waals surface area contributed by atoms with Crippen molar-refractivity contribution in [3.8, 4) is 6.07 Å². The van der Waals surface area contributed by atoms with E-state index < -0.39 is 5.82 Å². The van der Waals surface area contributed by atoms with E-state index in [0.29, 0.717) is 18.7 Å². The van der Waals surface area contributed by atoms with E-state index >= 15 is 0 Å². The van der Waals surface area contributed by atoms with Crippen molar-refractivity contribution in [3.63, 3.8) is 0 Å². The van der Waals surface area contributed by atoms with Gasteiger partial charge in [-0.05, 0) is 18.2 Å². The van der Waals surface area contributed by atoms with Gasteiger partial charge in [0.2, 0.25) is 0 Å². The molecule has 0 radical (unpaired) electrons. The number of rotatable bonds is 4. The first kappa shape index (κ1) is 12.2. The summed E-state index contributed by atoms with van der Waals surface area (Å²) in [6.07, 6.45) is 1.72. The van der Waals surface area contributed by atoms with Gasteiger partial charge in [-0.1, -0.05) is 18.2 Å². The predicted octanol–water partition coefficient (Wildman–Crippen LogP) is 2.38. The third-order valence-corrected chi connectivity index (χ3v) is 2.55. The monoisotopic (exact) mass is 241 g/mol. The smallest absolute Gasteiger partial charge is 0.145 e. The Balaban J connectivity index is 1.97. The summed E-state index contributed by atoms with van der Waals surface area (Å²) < 4.78 is 13.7. The number of hydrogen-bond donors (Lipinski definition) is 1. The molecule has 1 aromatic carbocycles. The maximum atomic E-state index is 13.7. The fourth-order valence-electron chi connectivity index (χ4n) is 1.63. The lowest BCUT2D eigenvalue weighted by Crippen LogP contribution is -2.14. The van der Waals surface area contributed by atoms with E-state index in [-0.39, 0.29) is 5.56 Å². The molecule has 18 heavy (non-hydrogen) atoms. The number of aromatic nitrogens is 1. The number of benzene rings is 1. The Labute approximate surface area is 105 Å². The molecule has 0 amide bonds. The van der Waals surface area contributed by atoms with Crippen LogP contribution >= 0.6 is 0 Å². The van der Waals surface area contributed by atoms with Crippen LogP contribution < -0.4 is 5.32 Å². The molecular formula is C14H12FN3. The Morgan fingerprint density at radius 2 is 2.06 bits per heavy atom. The Bertz CT molecular complexity index is 561. The first-order chi connectivity index (χ1) is 8.81. The van der Waals surface area contributed by atoms with Crippen LogP contribution in [0.5, 0.6) is 0 Å². The molecule has 1 heterocycles. The highest BCUT2D eigenvalue weighted by Gasteiger charge is 2.06. The zero-order valence-corrected chi connectivity index (χ0v) is 9.73. The SMILES string of the molecule is N#Cc1cccc(CNCc2ccccn2)c1F. The molecule has 0 aliphatic rings. The zero-order chi connectivity index (χ0) is 12.8. The standard InChI is InChI=1S/C14H12FN3/c15-14-11(8-16)4-3-5-12(14)9-17-10-13-6-1-2-7-18-13/h1-7,17H,9-10H2. The van der Waals surface area contributed by atoms with E-state index in [0.717, 1.165) is 5.69 Å². The number of hydrogen-bond acceptors (Lipinski definition) is 3. The van der Waals surface area contributed by atoms with Gasteiger partial charge in [0.15, 0.2) is 0 Å². The Morgan fingerprint density at radius 1 is 1.17 bits per heavy atom. The molecule has 0 aliphatic carbocycles. The molecule has 0 fully saturated rings. The van der Waals surface area contributed by atoms with E-state index in [2.05, 4.69) is 10.3 Å². The summed E-state index contributed by atoms with van der Waals surface area (Å²) in [7, 11) is 0. The average molecular weight is 241 g/mol. The van der Waals surface area contributed by atoms with Gasteiger partial charge in [-0.25, -0.2) is 4.39 Å². The van der Waals surface area contributed by atoms with Gasteiger partial charge in [-0.2, -0.15) is 5.26 Å². The molecule has 0 saturated heterocycles. The summed E-state index contributed by atoms with van der Waals surface area (Å²) >= 11 is 0. The summed E-state index contributed by atoms with van der Waals surface area (Å²) in [5, 5.41) is 11.8. The van der Waals surface area contributed by atoms with Gasteiger partial charge >= 0.3 is 0 Å². The molecule has 2 aromatic rings. The molecule has 90 valence electrons. The summed E-state index contributed by atoms with van der Waals surface area (Å²) in [4.78, 5) is 4.16. The van der Waals surface area contributed by atoms with Crippen molar-refractivity contribution in [1.29, 1.82) is 5.26 Å². The van der Waals surface area contributed by atoms with Crippen molar-refractivity contribution < 1.29 is 4.39 Å². The van der Waals surface area contributed by atoms with Crippen molar-refractivity contribution in [2.24, 2.45) is 0 Å². The fraction of sp³-hybridized carbons (Fsp3) is 0.143. The fourth-order valence-corrected chi connectivity index (χ4v) is 1.63. The normalized spacial score (nSPS) is 10.0. The minimum absolute atomic E-state index is 0.0761. The molecule has 0 bridgehead atoms. The van der Waals surface area contributed by atoms with E-state index in [4.69, 9.17) is 5.26 Å². The second-order valence-corrected chi connectivity index (χ2v) is 3.82. The van der Waals surface area contributed by atoms with Crippen LogP contribution in [0.3, 0.4) is 0 Å². The van der Waals surface area contributed by atoms with Crippen LogP contribution in [-0.4, -0.2) is 4.98 Å². The highest BCUT2D eigenvalue weighted by atomic mass is 19.1. The van der Waals surface area contributed by atoms with Gasteiger partial charge in [-0.15, -0.1) is 0 Å². The van der Waals surface area contributed by atoms with Crippen molar-refractivity contribution in [2.45, 2.75) is 13.1 Å². The lowest BCUT2D eigenvalue weighted by Gasteiger charge is -2.06. The second-order valence-electron chi connectivity index (χ2n) is 3.82. The van der Waals surface area contributed by atoms with E-state index in [1.807, 2.05) is 24.3 Å². The van der Waals surface area contributed by atoms with Gasteiger partial charge in [0.1, 0.15) is 11.9 Å². The molecule has 0 aliphatic heterocycles. The first-order valence-corrected chi connectivity index (χ1v) is 5.59. The van der Waals surface area contributed by atoms with Crippen molar-refractivity contribution in [2.75, 3.05) is 0 Å². The third kappa shape index (κ3) is 2.90. The lowest BCUT2D eigenvalue weighted by molar-refractivity contribution is 0.583. The van der Waals surface area contributed by atoms with Crippen molar-refractivity contribution in [1.82, 2.24) is 10.3 Å². The van der Waals surface area contributed by atoms with E-state index in [1.165, 1.54) is 6.07 Å². The Hall–Kier alpha value is -2.25.